The lowest BCUT2D eigenvalue weighted by Crippen LogP contribution is -2.61. The highest BCUT2D eigenvalue weighted by Crippen LogP contribution is 2.47. The van der Waals surface area contributed by atoms with E-state index in [1.165, 1.54) is 6.07 Å². The molecule has 1 aromatic heterocycles. The van der Waals surface area contributed by atoms with E-state index in [9.17, 15) is 24.8 Å². The van der Waals surface area contributed by atoms with Crippen molar-refractivity contribution < 1.29 is 14.8 Å². The number of amides is 1. The van der Waals surface area contributed by atoms with Crippen LogP contribution in [0.2, 0.25) is 0 Å². The molecule has 2 N–H and O–H groups in total. The van der Waals surface area contributed by atoms with E-state index in [-0.39, 0.29) is 46.7 Å². The molecule has 0 unspecified atom stereocenters. The van der Waals surface area contributed by atoms with E-state index >= 15 is 0 Å². The van der Waals surface area contributed by atoms with Crippen molar-refractivity contribution in [2.45, 2.75) is 37.8 Å². The molecule has 3 aromatic rings. The maximum atomic E-state index is 13.6. The Morgan fingerprint density at radius 3 is 2.70 bits per heavy atom. The Balaban J connectivity index is 1.31. The van der Waals surface area contributed by atoms with Crippen molar-refractivity contribution in [2.24, 2.45) is 11.8 Å². The molecule has 2 bridgehead atoms. The summed E-state index contributed by atoms with van der Waals surface area (Å²) >= 11 is 0. The van der Waals surface area contributed by atoms with E-state index in [1.54, 1.807) is 30.3 Å². The smallest absolute Gasteiger partial charge is 0.269 e. The lowest BCUT2D eigenvalue weighted by Gasteiger charge is -2.54. The summed E-state index contributed by atoms with van der Waals surface area (Å²) in [5, 5.41) is 24.1. The van der Waals surface area contributed by atoms with Gasteiger partial charge in [0, 0.05) is 61.2 Å². The van der Waals surface area contributed by atoms with Gasteiger partial charge in [0.05, 0.1) is 10.8 Å². The number of aromatic nitrogens is 1. The van der Waals surface area contributed by atoms with Crippen LogP contribution in [-0.4, -0.2) is 39.6 Å². The van der Waals surface area contributed by atoms with E-state index in [0.29, 0.717) is 32.5 Å². The van der Waals surface area contributed by atoms with Gasteiger partial charge in [0.15, 0.2) is 0 Å². The highest BCUT2D eigenvalue weighted by atomic mass is 16.6. The first kappa shape index (κ1) is 23.3. The highest BCUT2D eigenvalue weighted by Gasteiger charge is 2.49. The third kappa shape index (κ3) is 4.14. The molecule has 0 spiro atoms. The van der Waals surface area contributed by atoms with Crippen molar-refractivity contribution in [3.8, 4) is 5.75 Å². The SMILES string of the molecule is O=C(NCCc1ccc(O)cc1)[C@@H]1Cc2cc([N+](=O)[O-])ccc2N2C[C@@H]3C[C@H](Cn4c3cccc4=O)[C@@H]12. The minimum absolute atomic E-state index is 0.0117. The van der Waals surface area contributed by atoms with E-state index < -0.39 is 4.92 Å². The number of piperidine rings is 1. The van der Waals surface area contributed by atoms with Gasteiger partial charge < -0.3 is 19.9 Å². The third-order valence-corrected chi connectivity index (χ3v) is 8.19. The zero-order chi connectivity index (χ0) is 25.7. The number of nitro benzene ring substituents is 1. The van der Waals surface area contributed by atoms with Crippen LogP contribution in [0.5, 0.6) is 5.75 Å². The van der Waals surface area contributed by atoms with Crippen LogP contribution < -0.4 is 15.8 Å². The van der Waals surface area contributed by atoms with Gasteiger partial charge in [-0.3, -0.25) is 19.7 Å². The van der Waals surface area contributed by atoms with E-state index in [4.69, 9.17) is 0 Å². The van der Waals surface area contributed by atoms with Crippen LogP contribution in [-0.2, 0) is 24.2 Å². The van der Waals surface area contributed by atoms with E-state index in [0.717, 1.165) is 28.9 Å². The molecule has 1 fully saturated rings. The number of rotatable bonds is 5. The van der Waals surface area contributed by atoms with Gasteiger partial charge in [0.25, 0.3) is 11.2 Å². The van der Waals surface area contributed by atoms with Gasteiger partial charge >= 0.3 is 0 Å². The van der Waals surface area contributed by atoms with Gasteiger partial charge in [-0.1, -0.05) is 18.2 Å². The number of pyridine rings is 1. The molecule has 4 heterocycles. The average Bonchev–Trinajstić information content (AvgIpc) is 2.89. The number of carbonyl (C=O) groups excluding carboxylic acids is 1. The minimum Gasteiger partial charge on any atom is -0.508 e. The maximum absolute atomic E-state index is 13.6. The number of nitrogens with one attached hydrogen (secondary N) is 1. The number of phenolic OH excluding ortho intramolecular Hbond substituents is 1. The Labute approximate surface area is 213 Å². The Kier molecular flexibility index (Phi) is 5.70. The summed E-state index contributed by atoms with van der Waals surface area (Å²) in [6.45, 7) is 1.67. The number of anilines is 1. The second-order valence-electron chi connectivity index (χ2n) is 10.3. The van der Waals surface area contributed by atoms with Gasteiger partial charge in [-0.05, 0) is 60.6 Å². The van der Waals surface area contributed by atoms with Gasteiger partial charge in [-0.25, -0.2) is 0 Å². The molecule has 0 saturated carbocycles. The van der Waals surface area contributed by atoms with Crippen molar-refractivity contribution >= 4 is 17.3 Å². The average molecular weight is 501 g/mol. The topological polar surface area (TPSA) is 118 Å². The fourth-order valence-electron chi connectivity index (χ4n) is 6.58. The fraction of sp³-hybridized carbons (Fsp3) is 0.357. The molecule has 9 nitrogen and oxygen atoms in total. The van der Waals surface area contributed by atoms with Gasteiger partial charge in [0.2, 0.25) is 5.91 Å². The van der Waals surface area contributed by atoms with E-state index in [1.807, 2.05) is 28.8 Å². The number of nitro groups is 1. The van der Waals surface area contributed by atoms with Crippen LogP contribution in [0.3, 0.4) is 0 Å². The lowest BCUT2D eigenvalue weighted by atomic mass is 9.70. The number of phenols is 1. The predicted octanol–water partition coefficient (Wildman–Crippen LogP) is 2.99. The lowest BCUT2D eigenvalue weighted by molar-refractivity contribution is -0.384. The summed E-state index contributed by atoms with van der Waals surface area (Å²) in [5.41, 5.74) is 3.80. The fourth-order valence-corrected chi connectivity index (χ4v) is 6.58. The molecular weight excluding hydrogens is 472 g/mol. The molecule has 0 aliphatic carbocycles. The first-order valence-electron chi connectivity index (χ1n) is 12.7. The normalized spacial score (nSPS) is 23.4. The highest BCUT2D eigenvalue weighted by molar-refractivity contribution is 5.82. The molecule has 1 saturated heterocycles. The molecule has 190 valence electrons. The molecule has 0 radical (unpaired) electrons. The van der Waals surface area contributed by atoms with Crippen molar-refractivity contribution in [1.82, 2.24) is 9.88 Å². The number of hydrogen-bond acceptors (Lipinski definition) is 6. The summed E-state index contributed by atoms with van der Waals surface area (Å²) in [6, 6.07) is 17.2. The predicted molar refractivity (Wildman–Crippen MR) is 138 cm³/mol. The standard InChI is InChI=1S/C28H28N4O5/c33-22-7-4-17(5-8-22)10-11-29-28(35)23-14-18-13-21(32(36)37)6-9-25(18)31-15-19-12-20(27(23)31)16-30-24(19)2-1-3-26(30)34/h1-9,13,19-20,23,27,33H,10-12,14-16H2,(H,29,35)/t19-,20+,23+,27-/m0/s1. The van der Waals surface area contributed by atoms with Crippen LogP contribution in [0.1, 0.15) is 29.2 Å². The summed E-state index contributed by atoms with van der Waals surface area (Å²) in [4.78, 5) is 39.6. The number of carbonyl (C=O) groups is 1. The molecule has 2 aromatic carbocycles. The molecular formula is C28H28N4O5. The molecule has 9 heteroatoms. The molecule has 4 atom stereocenters. The Morgan fingerprint density at radius 2 is 1.92 bits per heavy atom. The molecule has 6 rings (SSSR count). The van der Waals surface area contributed by atoms with Gasteiger partial charge in [-0.15, -0.1) is 0 Å². The summed E-state index contributed by atoms with van der Waals surface area (Å²) in [7, 11) is 0. The number of benzene rings is 2. The molecule has 37 heavy (non-hydrogen) atoms. The monoisotopic (exact) mass is 500 g/mol. The Bertz CT molecular complexity index is 1430. The maximum Gasteiger partial charge on any atom is 0.269 e. The van der Waals surface area contributed by atoms with Crippen LogP contribution in [0.4, 0.5) is 11.4 Å². The summed E-state index contributed by atoms with van der Waals surface area (Å²) < 4.78 is 1.86. The number of fused-ring (bicyclic) bond motifs is 8. The Morgan fingerprint density at radius 1 is 1.11 bits per heavy atom. The number of non-ortho nitro benzene ring substituents is 1. The third-order valence-electron chi connectivity index (χ3n) is 8.19. The molecule has 3 aliphatic heterocycles. The second kappa shape index (κ2) is 9.06. The zero-order valence-corrected chi connectivity index (χ0v) is 20.2. The first-order chi connectivity index (χ1) is 17.9. The van der Waals surface area contributed by atoms with Crippen molar-refractivity contribution in [2.75, 3.05) is 18.0 Å². The summed E-state index contributed by atoms with van der Waals surface area (Å²) in [5.74, 6) is 0.00854. The first-order valence-corrected chi connectivity index (χ1v) is 12.7. The van der Waals surface area contributed by atoms with Crippen molar-refractivity contribution in [1.29, 1.82) is 0 Å². The number of nitrogens with zero attached hydrogens (tertiary/aromatic N) is 3. The van der Waals surface area contributed by atoms with Gasteiger partial charge in [0.1, 0.15) is 5.75 Å². The van der Waals surface area contributed by atoms with Crippen molar-refractivity contribution in [3.63, 3.8) is 0 Å². The second-order valence-corrected chi connectivity index (χ2v) is 10.3. The Hall–Kier alpha value is -4.14. The number of hydrogen-bond donors (Lipinski definition) is 2. The quantitative estimate of drug-likeness (QED) is 0.411. The van der Waals surface area contributed by atoms with Crippen LogP contribution >= 0.6 is 0 Å². The van der Waals surface area contributed by atoms with Crippen LogP contribution in [0.15, 0.2) is 65.5 Å². The molecule has 1 amide bonds. The van der Waals surface area contributed by atoms with E-state index in [2.05, 4.69) is 10.2 Å². The van der Waals surface area contributed by atoms with Crippen LogP contribution in [0, 0.1) is 22.0 Å². The minimum atomic E-state index is -0.396. The van der Waals surface area contributed by atoms with Crippen molar-refractivity contribution in [3.05, 3.63) is 98.0 Å². The largest absolute Gasteiger partial charge is 0.508 e. The van der Waals surface area contributed by atoms with Gasteiger partial charge in [-0.2, -0.15) is 0 Å². The zero-order valence-electron chi connectivity index (χ0n) is 20.2. The van der Waals surface area contributed by atoms with Crippen LogP contribution in [0.25, 0.3) is 0 Å². The summed E-state index contributed by atoms with van der Waals surface area (Å²) in [6.07, 6.45) is 1.95. The molecule has 3 aliphatic rings. The number of aromatic hydroxyl groups is 1.